The van der Waals surface area contributed by atoms with E-state index in [1.54, 1.807) is 12.3 Å². The van der Waals surface area contributed by atoms with E-state index in [0.717, 1.165) is 12.8 Å². The Morgan fingerprint density at radius 1 is 1.15 bits per heavy atom. The molecule has 0 spiro atoms. The molecule has 218 valence electrons. The van der Waals surface area contributed by atoms with Crippen LogP contribution in [0.4, 0.5) is 22.4 Å². The Balaban J connectivity index is 1.14. The summed E-state index contributed by atoms with van der Waals surface area (Å²) in [5, 5.41) is 17.6. The van der Waals surface area contributed by atoms with Crippen molar-refractivity contribution in [2.45, 2.75) is 68.9 Å². The number of carbonyl (C=O) groups excluding carboxylic acids is 2. The number of aromatic nitrogens is 5. The summed E-state index contributed by atoms with van der Waals surface area (Å²) in [5.41, 5.74) is 2.01. The first-order chi connectivity index (χ1) is 19.6. The molecule has 3 saturated carbocycles. The summed E-state index contributed by atoms with van der Waals surface area (Å²) < 4.78 is 62.2. The summed E-state index contributed by atoms with van der Waals surface area (Å²) in [5.74, 6) is -7.94. The summed E-state index contributed by atoms with van der Waals surface area (Å²) in [6, 6.07) is 0.581. The predicted octanol–water partition coefficient (Wildman–Crippen LogP) is 3.69. The third-order valence-corrected chi connectivity index (χ3v) is 8.84. The zero-order chi connectivity index (χ0) is 28.5. The van der Waals surface area contributed by atoms with E-state index >= 15 is 0 Å². The molecule has 1 aliphatic heterocycles. The molecule has 4 aliphatic rings. The molecule has 3 aromatic rings. The van der Waals surface area contributed by atoms with Crippen LogP contribution in [0.5, 0.6) is 0 Å². The Bertz CT molecular complexity index is 1490. The third kappa shape index (κ3) is 4.88. The second kappa shape index (κ2) is 9.38. The molecule has 0 bridgehead atoms. The molecule has 3 aromatic heterocycles. The van der Waals surface area contributed by atoms with Gasteiger partial charge in [-0.25, -0.2) is 36.5 Å². The first-order valence-electron chi connectivity index (χ1n) is 13.8. The summed E-state index contributed by atoms with van der Waals surface area (Å²) >= 11 is 0. The summed E-state index contributed by atoms with van der Waals surface area (Å²) in [4.78, 5) is 31.7. The molecule has 3 aliphatic carbocycles. The van der Waals surface area contributed by atoms with Gasteiger partial charge in [0, 0.05) is 38.4 Å². The van der Waals surface area contributed by atoms with E-state index in [0.29, 0.717) is 22.6 Å². The highest BCUT2D eigenvalue weighted by molar-refractivity contribution is 5.93. The van der Waals surface area contributed by atoms with E-state index in [1.807, 2.05) is 0 Å². The molecule has 0 aromatic carbocycles. The van der Waals surface area contributed by atoms with Crippen molar-refractivity contribution in [3.8, 4) is 0 Å². The van der Waals surface area contributed by atoms with Crippen LogP contribution in [-0.2, 0) is 6.54 Å². The van der Waals surface area contributed by atoms with Gasteiger partial charge >= 0.3 is 6.03 Å². The largest absolute Gasteiger partial charge is 0.342 e. The number of nitrogens with zero attached hydrogens (tertiary/aromatic N) is 6. The highest BCUT2D eigenvalue weighted by atomic mass is 19.3. The number of hydrogen-bond acceptors (Lipinski definition) is 7. The standard InChI is InChI=1S/C26H28F4N8O3/c27-25(28)5-3-15(4-6-25)20(34-23(39)22-21(14-1-2-14)35-41-36-22)18-12-38-19(33-18)7-13(8-32-38)10-37-11-17-16(26(17,29)30)9-31-24(37)40/h7-8,12,14-17,20H,1-6,9-11H2,(H,31,40)(H,34,39)/t16?,17-,20-/m0/s1. The molecule has 4 fully saturated rings. The topological polar surface area (TPSA) is 131 Å². The van der Waals surface area contributed by atoms with Gasteiger partial charge in [-0.15, -0.1) is 0 Å². The summed E-state index contributed by atoms with van der Waals surface area (Å²) in [6.45, 7) is -0.0486. The van der Waals surface area contributed by atoms with Crippen LogP contribution in [0.3, 0.4) is 0 Å². The molecule has 15 heteroatoms. The van der Waals surface area contributed by atoms with Crippen LogP contribution in [0.1, 0.15) is 77.9 Å². The van der Waals surface area contributed by atoms with E-state index < -0.39 is 41.7 Å². The van der Waals surface area contributed by atoms with Gasteiger partial charge in [-0.3, -0.25) is 4.79 Å². The zero-order valence-corrected chi connectivity index (χ0v) is 21.9. The number of fused-ring (bicyclic) bond motifs is 2. The van der Waals surface area contributed by atoms with Crippen LogP contribution in [0.15, 0.2) is 23.1 Å². The lowest BCUT2D eigenvalue weighted by atomic mass is 9.81. The maximum Gasteiger partial charge on any atom is 0.317 e. The van der Waals surface area contributed by atoms with Crippen molar-refractivity contribution >= 4 is 17.6 Å². The van der Waals surface area contributed by atoms with Gasteiger partial charge in [-0.05, 0) is 48.4 Å². The van der Waals surface area contributed by atoms with Crippen molar-refractivity contribution < 1.29 is 31.8 Å². The SMILES string of the molecule is O=C(N[C@H](c1cn2ncc(CN3C[C@H]4C(CNC3=O)C4(F)F)cc2n1)C1CCC(F)(F)CC1)c1nonc1C1CC1. The van der Waals surface area contributed by atoms with Crippen LogP contribution in [0, 0.1) is 17.8 Å². The molecule has 2 N–H and O–H groups in total. The smallest absolute Gasteiger partial charge is 0.317 e. The molecule has 0 radical (unpaired) electrons. The van der Waals surface area contributed by atoms with E-state index in [2.05, 4.69) is 31.0 Å². The van der Waals surface area contributed by atoms with Crippen molar-refractivity contribution in [1.29, 1.82) is 0 Å². The number of urea groups is 1. The minimum absolute atomic E-state index is 0.0549. The molecule has 3 atom stereocenters. The minimum atomic E-state index is -2.78. The maximum absolute atomic E-state index is 14.0. The van der Waals surface area contributed by atoms with Crippen molar-refractivity contribution in [3.63, 3.8) is 0 Å². The van der Waals surface area contributed by atoms with Crippen LogP contribution >= 0.6 is 0 Å². The van der Waals surface area contributed by atoms with Crippen molar-refractivity contribution in [2.75, 3.05) is 13.1 Å². The number of alkyl halides is 4. The Morgan fingerprint density at radius 3 is 2.68 bits per heavy atom. The van der Waals surface area contributed by atoms with Crippen LogP contribution < -0.4 is 10.6 Å². The highest BCUT2D eigenvalue weighted by Gasteiger charge is 2.69. The molecular formula is C26H28F4N8O3. The van der Waals surface area contributed by atoms with Crippen molar-refractivity contribution in [1.82, 2.24) is 40.4 Å². The fourth-order valence-electron chi connectivity index (χ4n) is 6.16. The van der Waals surface area contributed by atoms with E-state index in [1.165, 1.54) is 15.6 Å². The number of imidazole rings is 1. The van der Waals surface area contributed by atoms with Crippen LogP contribution in [0.25, 0.3) is 5.65 Å². The molecule has 4 heterocycles. The Kier molecular flexibility index (Phi) is 5.98. The monoisotopic (exact) mass is 576 g/mol. The average Bonchev–Trinajstić information content (AvgIpc) is 3.73. The fraction of sp³-hybridized carbons (Fsp3) is 0.615. The Labute approximate surface area is 231 Å². The molecule has 41 heavy (non-hydrogen) atoms. The van der Waals surface area contributed by atoms with Gasteiger partial charge in [0.05, 0.1) is 36.0 Å². The quantitative estimate of drug-likeness (QED) is 0.410. The van der Waals surface area contributed by atoms with E-state index in [9.17, 15) is 27.2 Å². The van der Waals surface area contributed by atoms with Gasteiger partial charge in [0.1, 0.15) is 5.69 Å². The molecule has 3 amide bonds. The fourth-order valence-corrected chi connectivity index (χ4v) is 6.16. The lowest BCUT2D eigenvalue weighted by Gasteiger charge is -2.33. The van der Waals surface area contributed by atoms with E-state index in [4.69, 9.17) is 4.63 Å². The lowest BCUT2D eigenvalue weighted by Crippen LogP contribution is -2.40. The normalized spacial score (nSPS) is 26.2. The first kappa shape index (κ1) is 26.1. The third-order valence-electron chi connectivity index (χ3n) is 8.84. The van der Waals surface area contributed by atoms with Gasteiger partial charge < -0.3 is 15.5 Å². The second-order valence-electron chi connectivity index (χ2n) is 11.7. The number of nitrogens with one attached hydrogen (secondary N) is 2. The zero-order valence-electron chi connectivity index (χ0n) is 21.9. The number of halogens is 4. The van der Waals surface area contributed by atoms with Crippen molar-refractivity contribution in [2.24, 2.45) is 17.8 Å². The van der Waals surface area contributed by atoms with Gasteiger partial charge in [0.15, 0.2) is 11.3 Å². The van der Waals surface area contributed by atoms with Gasteiger partial charge in [0.2, 0.25) is 5.92 Å². The lowest BCUT2D eigenvalue weighted by molar-refractivity contribution is -0.0495. The summed E-state index contributed by atoms with van der Waals surface area (Å²) in [6.07, 6.45) is 4.72. The van der Waals surface area contributed by atoms with Crippen LogP contribution in [0.2, 0.25) is 0 Å². The Hall–Kier alpha value is -3.78. The number of carbonyl (C=O) groups is 2. The summed E-state index contributed by atoms with van der Waals surface area (Å²) in [7, 11) is 0. The predicted molar refractivity (Wildman–Crippen MR) is 132 cm³/mol. The molecule has 11 nitrogen and oxygen atoms in total. The molecule has 7 rings (SSSR count). The maximum atomic E-state index is 14.0. The van der Waals surface area contributed by atoms with Crippen molar-refractivity contribution in [3.05, 3.63) is 41.1 Å². The number of hydrogen-bond donors (Lipinski definition) is 2. The molecule has 1 saturated heterocycles. The highest BCUT2D eigenvalue weighted by Crippen LogP contribution is 2.55. The average molecular weight is 577 g/mol. The Morgan fingerprint density at radius 2 is 1.93 bits per heavy atom. The molecule has 1 unspecified atom stereocenters. The number of rotatable bonds is 7. The van der Waals surface area contributed by atoms with Gasteiger partial charge in [-0.2, -0.15) is 5.10 Å². The van der Waals surface area contributed by atoms with Crippen LogP contribution in [-0.4, -0.2) is 66.7 Å². The second-order valence-corrected chi connectivity index (χ2v) is 11.7. The van der Waals surface area contributed by atoms with E-state index in [-0.39, 0.29) is 62.8 Å². The van der Waals surface area contributed by atoms with Gasteiger partial charge in [-0.1, -0.05) is 5.16 Å². The number of amides is 3. The van der Waals surface area contributed by atoms with Gasteiger partial charge in [0.25, 0.3) is 11.8 Å². The minimum Gasteiger partial charge on any atom is -0.342 e. The first-order valence-corrected chi connectivity index (χ1v) is 13.8. The molecular weight excluding hydrogens is 548 g/mol.